The largest absolute Gasteiger partial charge is 0.302 e. The molecule has 1 aromatic heterocycles. The average Bonchev–Trinajstić information content (AvgIpc) is 3.02. The lowest BCUT2D eigenvalue weighted by Gasteiger charge is -2.39. The molecular weight excluding hydrogens is 374 g/mol. The topological polar surface area (TPSA) is 61.7 Å². The molecule has 0 amide bonds. The van der Waals surface area contributed by atoms with Crippen LogP contribution in [0, 0.1) is 6.92 Å². The van der Waals surface area contributed by atoms with E-state index in [2.05, 4.69) is 28.7 Å². The summed E-state index contributed by atoms with van der Waals surface area (Å²) in [6.07, 6.45) is 9.11. The van der Waals surface area contributed by atoms with E-state index in [1.165, 1.54) is 36.8 Å². The quantitative estimate of drug-likeness (QED) is 0.654. The van der Waals surface area contributed by atoms with Gasteiger partial charge in [-0.05, 0) is 59.2 Å². The fourth-order valence-electron chi connectivity index (χ4n) is 4.65. The Morgan fingerprint density at radius 3 is 2.50 bits per heavy atom. The Labute approximate surface area is 170 Å². The van der Waals surface area contributed by atoms with Gasteiger partial charge in [0.1, 0.15) is 0 Å². The fraction of sp³-hybridized carbons (Fsp3) is 0.850. The predicted octanol–water partition coefficient (Wildman–Crippen LogP) is 1.92. The van der Waals surface area contributed by atoms with Gasteiger partial charge in [0.15, 0.2) is 0 Å². The van der Waals surface area contributed by atoms with Gasteiger partial charge in [-0.25, -0.2) is 8.42 Å². The average molecular weight is 412 g/mol. The van der Waals surface area contributed by atoms with E-state index in [0.29, 0.717) is 6.54 Å². The highest BCUT2D eigenvalue weighted by atomic mass is 32.2. The molecule has 7 nitrogen and oxygen atoms in total. The second kappa shape index (κ2) is 9.69. The Morgan fingerprint density at radius 2 is 1.86 bits per heavy atom. The molecule has 8 heteroatoms. The van der Waals surface area contributed by atoms with Crippen LogP contribution in [-0.4, -0.2) is 83.9 Å². The first-order valence-electron chi connectivity index (χ1n) is 10.8. The van der Waals surface area contributed by atoms with Crippen molar-refractivity contribution in [2.45, 2.75) is 65.1 Å². The molecule has 2 fully saturated rings. The van der Waals surface area contributed by atoms with Crippen LogP contribution in [0.3, 0.4) is 0 Å². The summed E-state index contributed by atoms with van der Waals surface area (Å²) in [4.78, 5) is 4.82. The van der Waals surface area contributed by atoms with Crippen LogP contribution in [-0.2, 0) is 23.1 Å². The molecule has 0 aromatic carbocycles. The summed E-state index contributed by atoms with van der Waals surface area (Å²) in [6.45, 7) is 11.5. The van der Waals surface area contributed by atoms with Crippen molar-refractivity contribution in [3.05, 3.63) is 17.5 Å². The van der Waals surface area contributed by atoms with Crippen LogP contribution in [0.4, 0.5) is 0 Å². The Bertz CT molecular complexity index is 727. The Kier molecular flexibility index (Phi) is 7.53. The van der Waals surface area contributed by atoms with Gasteiger partial charge in [-0.15, -0.1) is 0 Å². The number of piperidine rings is 2. The van der Waals surface area contributed by atoms with Crippen LogP contribution in [0.1, 0.15) is 50.3 Å². The zero-order valence-corrected chi connectivity index (χ0v) is 18.6. The molecule has 0 aliphatic carbocycles. The highest BCUT2D eigenvalue weighted by Gasteiger charge is 2.31. The summed E-state index contributed by atoms with van der Waals surface area (Å²) >= 11 is 0. The van der Waals surface area contributed by atoms with Crippen LogP contribution in [0.2, 0.25) is 0 Å². The summed E-state index contributed by atoms with van der Waals surface area (Å²) in [5, 5.41) is 4.45. The number of likely N-dealkylation sites (tertiary alicyclic amines) is 2. The minimum absolute atomic E-state index is 0.0788. The lowest BCUT2D eigenvalue weighted by molar-refractivity contribution is 0.130. The lowest BCUT2D eigenvalue weighted by Crippen LogP contribution is -2.51. The number of aryl methyl sites for hydroxylation is 1. The minimum Gasteiger partial charge on any atom is -0.302 e. The third-order valence-electron chi connectivity index (χ3n) is 6.30. The number of nitrogens with zero attached hydrogens (tertiary/aromatic N) is 5. The Balaban J connectivity index is 1.62. The van der Waals surface area contributed by atoms with E-state index in [0.717, 1.165) is 58.7 Å². The molecule has 2 aliphatic rings. The standard InChI is InChI=1S/C20H37N5O2S/c1-4-24-18(2)19(15-21-24)16-23-12-8-9-20(17-23)25(28(3,26)27)14-13-22-10-6-5-7-11-22/h15,20H,4-14,16-17H2,1-3H3. The van der Waals surface area contributed by atoms with Crippen molar-refractivity contribution in [2.75, 3.05) is 45.5 Å². The van der Waals surface area contributed by atoms with Gasteiger partial charge >= 0.3 is 0 Å². The number of aromatic nitrogens is 2. The van der Waals surface area contributed by atoms with Gasteiger partial charge in [-0.1, -0.05) is 6.42 Å². The van der Waals surface area contributed by atoms with Crippen LogP contribution >= 0.6 is 0 Å². The van der Waals surface area contributed by atoms with Crippen molar-refractivity contribution < 1.29 is 8.42 Å². The molecular formula is C20H37N5O2S. The monoisotopic (exact) mass is 411 g/mol. The minimum atomic E-state index is -3.21. The first-order chi connectivity index (χ1) is 13.4. The molecule has 3 heterocycles. The van der Waals surface area contributed by atoms with E-state index in [1.54, 1.807) is 4.31 Å². The van der Waals surface area contributed by atoms with Gasteiger partial charge in [-0.2, -0.15) is 9.40 Å². The van der Waals surface area contributed by atoms with Crippen molar-refractivity contribution in [1.29, 1.82) is 0 Å². The third kappa shape index (κ3) is 5.55. The number of hydrogen-bond donors (Lipinski definition) is 0. The molecule has 0 saturated carbocycles. The first kappa shape index (κ1) is 21.7. The zero-order chi connectivity index (χ0) is 20.1. The molecule has 1 unspecified atom stereocenters. The molecule has 1 aromatic rings. The van der Waals surface area contributed by atoms with Crippen LogP contribution < -0.4 is 0 Å². The zero-order valence-electron chi connectivity index (χ0n) is 17.8. The molecule has 1 atom stereocenters. The summed E-state index contributed by atoms with van der Waals surface area (Å²) in [5.74, 6) is 0. The van der Waals surface area contributed by atoms with E-state index >= 15 is 0 Å². The highest BCUT2D eigenvalue weighted by Crippen LogP contribution is 2.21. The van der Waals surface area contributed by atoms with E-state index in [1.807, 2.05) is 10.9 Å². The van der Waals surface area contributed by atoms with Crippen molar-refractivity contribution >= 4 is 10.0 Å². The van der Waals surface area contributed by atoms with Crippen molar-refractivity contribution in [3.8, 4) is 0 Å². The van der Waals surface area contributed by atoms with Gasteiger partial charge < -0.3 is 4.90 Å². The lowest BCUT2D eigenvalue weighted by atomic mass is 10.0. The molecule has 0 N–H and O–H groups in total. The van der Waals surface area contributed by atoms with Gasteiger partial charge in [0, 0.05) is 50.0 Å². The predicted molar refractivity (Wildman–Crippen MR) is 113 cm³/mol. The first-order valence-corrected chi connectivity index (χ1v) is 12.7. The molecule has 0 spiro atoms. The SMILES string of the molecule is CCn1ncc(CN2CCCC(N(CCN3CCCCC3)S(C)(=O)=O)C2)c1C. The molecule has 3 rings (SSSR count). The maximum Gasteiger partial charge on any atom is 0.211 e. The molecule has 2 aliphatic heterocycles. The number of rotatable bonds is 8. The van der Waals surface area contributed by atoms with E-state index in [-0.39, 0.29) is 6.04 Å². The fourth-order valence-corrected chi connectivity index (χ4v) is 5.78. The third-order valence-corrected chi connectivity index (χ3v) is 7.63. The highest BCUT2D eigenvalue weighted by molar-refractivity contribution is 7.88. The van der Waals surface area contributed by atoms with Gasteiger partial charge in [-0.3, -0.25) is 9.58 Å². The second-order valence-electron chi connectivity index (χ2n) is 8.38. The van der Waals surface area contributed by atoms with E-state index in [9.17, 15) is 8.42 Å². The Morgan fingerprint density at radius 1 is 1.14 bits per heavy atom. The van der Waals surface area contributed by atoms with E-state index < -0.39 is 10.0 Å². The Hall–Kier alpha value is -0.960. The van der Waals surface area contributed by atoms with Gasteiger partial charge in [0.2, 0.25) is 10.0 Å². The molecule has 0 radical (unpaired) electrons. The summed E-state index contributed by atoms with van der Waals surface area (Å²) in [5.41, 5.74) is 2.47. The number of sulfonamides is 1. The van der Waals surface area contributed by atoms with E-state index in [4.69, 9.17) is 0 Å². The van der Waals surface area contributed by atoms with Crippen molar-refractivity contribution in [2.24, 2.45) is 0 Å². The summed E-state index contributed by atoms with van der Waals surface area (Å²) in [7, 11) is -3.21. The second-order valence-corrected chi connectivity index (χ2v) is 10.3. The maximum absolute atomic E-state index is 12.5. The maximum atomic E-state index is 12.5. The van der Waals surface area contributed by atoms with Crippen molar-refractivity contribution in [3.63, 3.8) is 0 Å². The summed E-state index contributed by atoms with van der Waals surface area (Å²) < 4.78 is 28.9. The van der Waals surface area contributed by atoms with Gasteiger partial charge in [0.05, 0.1) is 12.5 Å². The van der Waals surface area contributed by atoms with Crippen LogP contribution in [0.15, 0.2) is 6.20 Å². The number of hydrogen-bond acceptors (Lipinski definition) is 5. The molecule has 0 bridgehead atoms. The van der Waals surface area contributed by atoms with Crippen LogP contribution in [0.25, 0.3) is 0 Å². The molecule has 2 saturated heterocycles. The van der Waals surface area contributed by atoms with Crippen molar-refractivity contribution in [1.82, 2.24) is 23.9 Å². The smallest absolute Gasteiger partial charge is 0.211 e. The molecule has 160 valence electrons. The summed E-state index contributed by atoms with van der Waals surface area (Å²) in [6, 6.07) is 0.0788. The molecule has 28 heavy (non-hydrogen) atoms. The normalized spacial score (nSPS) is 22.8. The van der Waals surface area contributed by atoms with Gasteiger partial charge in [0.25, 0.3) is 0 Å². The van der Waals surface area contributed by atoms with Crippen LogP contribution in [0.5, 0.6) is 0 Å².